The average molecular weight is 159 g/mol. The lowest BCUT2D eigenvalue weighted by molar-refractivity contribution is -0.108. The minimum Gasteiger partial charge on any atom is -0.393 e. The second-order valence-electron chi connectivity index (χ2n) is 2.90. The molecule has 0 rings (SSSR count). The molecule has 0 radical (unpaired) electrons. The molecule has 0 aromatic carbocycles. The topological polar surface area (TPSA) is 40.5 Å². The summed E-state index contributed by atoms with van der Waals surface area (Å²) in [4.78, 5) is 12.0. The van der Waals surface area contributed by atoms with Gasteiger partial charge in [0.1, 0.15) is 6.29 Å². The molecule has 0 aliphatic heterocycles. The van der Waals surface area contributed by atoms with E-state index in [0.29, 0.717) is 6.42 Å². The predicted molar refractivity (Wildman–Crippen MR) is 44.5 cm³/mol. The van der Waals surface area contributed by atoms with Crippen LogP contribution in [0.2, 0.25) is 0 Å². The third-order valence-electron chi connectivity index (χ3n) is 1.56. The van der Waals surface area contributed by atoms with Crippen molar-refractivity contribution in [3.8, 4) is 0 Å². The van der Waals surface area contributed by atoms with Gasteiger partial charge in [0.25, 0.3) is 0 Å². The van der Waals surface area contributed by atoms with Crippen LogP contribution in [-0.2, 0) is 4.79 Å². The van der Waals surface area contributed by atoms with Crippen molar-refractivity contribution in [3.63, 3.8) is 0 Å². The Bertz CT molecular complexity index is 104. The number of carbonyl (C=O) groups excluding carboxylic acids is 1. The zero-order valence-corrected chi connectivity index (χ0v) is 7.29. The second kappa shape index (κ2) is 6.31. The lowest BCUT2D eigenvalue weighted by Gasteiger charge is -2.15. The van der Waals surface area contributed by atoms with Gasteiger partial charge in [0.2, 0.25) is 0 Å². The van der Waals surface area contributed by atoms with Crippen molar-refractivity contribution in [3.05, 3.63) is 0 Å². The van der Waals surface area contributed by atoms with Gasteiger partial charge in [-0.3, -0.25) is 0 Å². The number of aliphatic hydroxyl groups excluding tert-OH is 1. The van der Waals surface area contributed by atoms with Crippen molar-refractivity contribution in [2.24, 2.45) is 0 Å². The zero-order valence-electron chi connectivity index (χ0n) is 7.29. The fourth-order valence-electron chi connectivity index (χ4n) is 0.792. The molecular weight excluding hydrogens is 142 g/mol. The van der Waals surface area contributed by atoms with Crippen LogP contribution >= 0.6 is 0 Å². The summed E-state index contributed by atoms with van der Waals surface area (Å²) in [7, 11) is 1.95. The molecule has 1 unspecified atom stereocenters. The highest BCUT2D eigenvalue weighted by Gasteiger charge is 1.99. The molecule has 0 aliphatic carbocycles. The molecule has 11 heavy (non-hydrogen) atoms. The van der Waals surface area contributed by atoms with E-state index >= 15 is 0 Å². The van der Waals surface area contributed by atoms with E-state index in [1.165, 1.54) is 0 Å². The van der Waals surface area contributed by atoms with Crippen LogP contribution in [0.4, 0.5) is 0 Å². The fraction of sp³-hybridized carbons (Fsp3) is 0.875. The van der Waals surface area contributed by atoms with E-state index in [9.17, 15) is 4.79 Å². The van der Waals surface area contributed by atoms with Crippen LogP contribution in [0.5, 0.6) is 0 Å². The van der Waals surface area contributed by atoms with Crippen molar-refractivity contribution in [2.75, 3.05) is 20.1 Å². The first-order valence-corrected chi connectivity index (χ1v) is 3.97. The predicted octanol–water partition coefficient (Wildman–Crippen LogP) is 0.278. The van der Waals surface area contributed by atoms with Gasteiger partial charge in [0.05, 0.1) is 6.10 Å². The molecule has 3 nitrogen and oxygen atoms in total. The summed E-state index contributed by atoms with van der Waals surface area (Å²) in [5.41, 5.74) is 0. The zero-order chi connectivity index (χ0) is 8.69. The van der Waals surface area contributed by atoms with Gasteiger partial charge in [-0.05, 0) is 20.4 Å². The number of hydrogen-bond donors (Lipinski definition) is 1. The first-order chi connectivity index (χ1) is 5.16. The molecule has 0 aliphatic rings. The van der Waals surface area contributed by atoms with Gasteiger partial charge in [-0.15, -0.1) is 0 Å². The number of rotatable bonds is 6. The van der Waals surface area contributed by atoms with Crippen molar-refractivity contribution in [2.45, 2.75) is 25.9 Å². The standard InChI is InChI=1S/C8H17NO2/c1-8(11)4-6-9(2)5-3-7-10/h7-8,11H,3-6H2,1-2H3. The van der Waals surface area contributed by atoms with Crippen LogP contribution < -0.4 is 0 Å². The quantitative estimate of drug-likeness (QED) is 0.566. The van der Waals surface area contributed by atoms with Crippen LogP contribution in [0.1, 0.15) is 19.8 Å². The van der Waals surface area contributed by atoms with E-state index in [0.717, 1.165) is 25.8 Å². The maximum absolute atomic E-state index is 9.97. The van der Waals surface area contributed by atoms with Gasteiger partial charge in [-0.2, -0.15) is 0 Å². The maximum Gasteiger partial charge on any atom is 0.121 e. The Labute approximate surface area is 68.0 Å². The Morgan fingerprint density at radius 2 is 2.18 bits per heavy atom. The Kier molecular flexibility index (Phi) is 6.07. The SMILES string of the molecule is CC(O)CCN(C)CCC=O. The Hall–Kier alpha value is -0.410. The number of carbonyl (C=O) groups is 1. The largest absolute Gasteiger partial charge is 0.393 e. The molecule has 1 atom stereocenters. The molecule has 0 aromatic rings. The van der Waals surface area contributed by atoms with E-state index in [1.807, 2.05) is 11.9 Å². The lowest BCUT2D eigenvalue weighted by atomic mass is 10.3. The third kappa shape index (κ3) is 7.49. The molecule has 0 amide bonds. The van der Waals surface area contributed by atoms with Gasteiger partial charge >= 0.3 is 0 Å². The van der Waals surface area contributed by atoms with Crippen LogP contribution in [0.25, 0.3) is 0 Å². The molecule has 0 saturated carbocycles. The van der Waals surface area contributed by atoms with Crippen LogP contribution in [-0.4, -0.2) is 42.5 Å². The fourth-order valence-corrected chi connectivity index (χ4v) is 0.792. The monoisotopic (exact) mass is 159 g/mol. The molecule has 66 valence electrons. The number of nitrogens with zero attached hydrogens (tertiary/aromatic N) is 1. The average Bonchev–Trinajstić information content (AvgIpc) is 1.97. The van der Waals surface area contributed by atoms with Gasteiger partial charge < -0.3 is 14.8 Å². The molecule has 3 heteroatoms. The van der Waals surface area contributed by atoms with E-state index in [2.05, 4.69) is 0 Å². The molecular formula is C8H17NO2. The van der Waals surface area contributed by atoms with Crippen molar-refractivity contribution < 1.29 is 9.90 Å². The summed E-state index contributed by atoms with van der Waals surface area (Å²) in [5, 5.41) is 8.93. The maximum atomic E-state index is 9.97. The van der Waals surface area contributed by atoms with Gasteiger partial charge in [-0.25, -0.2) is 0 Å². The molecule has 0 fully saturated rings. The van der Waals surface area contributed by atoms with Gasteiger partial charge in [-0.1, -0.05) is 0 Å². The Morgan fingerprint density at radius 3 is 2.64 bits per heavy atom. The smallest absolute Gasteiger partial charge is 0.121 e. The summed E-state index contributed by atoms with van der Waals surface area (Å²) >= 11 is 0. The first kappa shape index (κ1) is 10.6. The van der Waals surface area contributed by atoms with Crippen molar-refractivity contribution in [1.29, 1.82) is 0 Å². The van der Waals surface area contributed by atoms with E-state index in [4.69, 9.17) is 5.11 Å². The third-order valence-corrected chi connectivity index (χ3v) is 1.56. The molecule has 0 bridgehead atoms. The normalized spacial score (nSPS) is 13.5. The number of aliphatic hydroxyl groups is 1. The first-order valence-electron chi connectivity index (χ1n) is 3.97. The molecule has 0 aromatic heterocycles. The Morgan fingerprint density at radius 1 is 1.55 bits per heavy atom. The van der Waals surface area contributed by atoms with E-state index < -0.39 is 0 Å². The summed E-state index contributed by atoms with van der Waals surface area (Å²) in [6, 6.07) is 0. The summed E-state index contributed by atoms with van der Waals surface area (Å²) in [5.74, 6) is 0. The highest BCUT2D eigenvalue weighted by atomic mass is 16.3. The minimum absolute atomic E-state index is 0.242. The highest BCUT2D eigenvalue weighted by Crippen LogP contribution is 1.93. The molecule has 0 heterocycles. The summed E-state index contributed by atoms with van der Waals surface area (Å²) in [6.45, 7) is 3.41. The number of hydrogen-bond acceptors (Lipinski definition) is 3. The molecule has 0 spiro atoms. The lowest BCUT2D eigenvalue weighted by Crippen LogP contribution is -2.23. The summed E-state index contributed by atoms with van der Waals surface area (Å²) in [6.07, 6.45) is 2.03. The summed E-state index contributed by atoms with van der Waals surface area (Å²) < 4.78 is 0. The minimum atomic E-state index is -0.242. The van der Waals surface area contributed by atoms with Crippen LogP contribution in [0.3, 0.4) is 0 Å². The van der Waals surface area contributed by atoms with Crippen LogP contribution in [0, 0.1) is 0 Å². The van der Waals surface area contributed by atoms with Gasteiger partial charge in [0, 0.05) is 19.5 Å². The van der Waals surface area contributed by atoms with Crippen LogP contribution in [0.15, 0.2) is 0 Å². The molecule has 1 N–H and O–H groups in total. The van der Waals surface area contributed by atoms with E-state index in [-0.39, 0.29) is 6.10 Å². The van der Waals surface area contributed by atoms with Crippen molar-refractivity contribution in [1.82, 2.24) is 4.90 Å². The van der Waals surface area contributed by atoms with Gasteiger partial charge in [0.15, 0.2) is 0 Å². The number of aldehydes is 1. The molecule has 0 saturated heterocycles. The Balaban J connectivity index is 3.21. The highest BCUT2D eigenvalue weighted by molar-refractivity contribution is 5.49. The second-order valence-corrected chi connectivity index (χ2v) is 2.90. The van der Waals surface area contributed by atoms with Crippen molar-refractivity contribution >= 4 is 6.29 Å². The van der Waals surface area contributed by atoms with E-state index in [1.54, 1.807) is 6.92 Å².